The fourth-order valence-electron chi connectivity index (χ4n) is 1.15. The molecule has 0 aromatic carbocycles. The average molecular weight is 154 g/mol. The second kappa shape index (κ2) is 2.36. The standard InChI is InChI=1S/C8H10O3/c1-9-5-8(6-11-8)7-3-2-4-10-7/h2-4H,5-6H2,1H3. The molecule has 0 amide bonds. The van der Waals surface area contributed by atoms with Gasteiger partial charge in [0, 0.05) is 7.11 Å². The Bertz CT molecular complexity index is 223. The summed E-state index contributed by atoms with van der Waals surface area (Å²) >= 11 is 0. The van der Waals surface area contributed by atoms with Gasteiger partial charge in [-0.2, -0.15) is 0 Å². The van der Waals surface area contributed by atoms with Crippen molar-refractivity contribution >= 4 is 0 Å². The maximum Gasteiger partial charge on any atom is 0.172 e. The fourth-order valence-corrected chi connectivity index (χ4v) is 1.15. The molecule has 2 rings (SSSR count). The van der Waals surface area contributed by atoms with E-state index in [1.165, 1.54) is 0 Å². The highest BCUT2D eigenvalue weighted by molar-refractivity contribution is 5.15. The molecule has 60 valence electrons. The van der Waals surface area contributed by atoms with Crippen LogP contribution in [-0.4, -0.2) is 20.3 Å². The second-order valence-electron chi connectivity index (χ2n) is 2.69. The van der Waals surface area contributed by atoms with Crippen molar-refractivity contribution in [2.24, 2.45) is 0 Å². The van der Waals surface area contributed by atoms with Crippen LogP contribution in [-0.2, 0) is 15.1 Å². The van der Waals surface area contributed by atoms with Gasteiger partial charge in [0.2, 0.25) is 0 Å². The molecule has 0 N–H and O–H groups in total. The van der Waals surface area contributed by atoms with E-state index in [0.717, 1.165) is 5.76 Å². The lowest BCUT2D eigenvalue weighted by atomic mass is 10.1. The minimum absolute atomic E-state index is 0.266. The summed E-state index contributed by atoms with van der Waals surface area (Å²) in [4.78, 5) is 0. The van der Waals surface area contributed by atoms with Crippen molar-refractivity contribution in [1.82, 2.24) is 0 Å². The molecule has 1 aliphatic heterocycles. The van der Waals surface area contributed by atoms with Gasteiger partial charge < -0.3 is 13.9 Å². The number of hydrogen-bond acceptors (Lipinski definition) is 3. The lowest BCUT2D eigenvalue weighted by Crippen LogP contribution is -2.14. The Labute approximate surface area is 64.9 Å². The third kappa shape index (κ3) is 1.06. The molecule has 0 radical (unpaired) electrons. The van der Waals surface area contributed by atoms with Gasteiger partial charge in [-0.05, 0) is 12.1 Å². The third-order valence-electron chi connectivity index (χ3n) is 1.84. The molecule has 1 fully saturated rings. The Kier molecular flexibility index (Phi) is 1.47. The molecule has 0 aliphatic carbocycles. The molecule has 0 spiro atoms. The normalized spacial score (nSPS) is 28.8. The van der Waals surface area contributed by atoms with Gasteiger partial charge in [0.15, 0.2) is 5.60 Å². The highest BCUT2D eigenvalue weighted by Crippen LogP contribution is 2.38. The van der Waals surface area contributed by atoms with Gasteiger partial charge in [0.1, 0.15) is 5.76 Å². The molecule has 0 bridgehead atoms. The number of furan rings is 1. The lowest BCUT2D eigenvalue weighted by Gasteiger charge is -2.05. The van der Waals surface area contributed by atoms with Crippen molar-refractivity contribution in [2.45, 2.75) is 5.60 Å². The van der Waals surface area contributed by atoms with E-state index in [0.29, 0.717) is 13.2 Å². The van der Waals surface area contributed by atoms with Gasteiger partial charge in [-0.3, -0.25) is 0 Å². The molecule has 2 heterocycles. The first-order valence-electron chi connectivity index (χ1n) is 3.54. The molecule has 1 aromatic heterocycles. The summed E-state index contributed by atoms with van der Waals surface area (Å²) in [6.07, 6.45) is 1.65. The van der Waals surface area contributed by atoms with E-state index in [1.807, 2.05) is 12.1 Å². The molecule has 11 heavy (non-hydrogen) atoms. The monoisotopic (exact) mass is 154 g/mol. The Morgan fingerprint density at radius 2 is 2.55 bits per heavy atom. The summed E-state index contributed by atoms with van der Waals surface area (Å²) in [7, 11) is 1.66. The SMILES string of the molecule is COCC1(c2ccco2)CO1. The van der Waals surface area contributed by atoms with Crippen molar-refractivity contribution in [3.8, 4) is 0 Å². The van der Waals surface area contributed by atoms with Crippen LogP contribution in [0.1, 0.15) is 5.76 Å². The molecule has 3 heteroatoms. The predicted molar refractivity (Wildman–Crippen MR) is 38.2 cm³/mol. The Morgan fingerprint density at radius 3 is 3.00 bits per heavy atom. The largest absolute Gasteiger partial charge is 0.466 e. The molecule has 1 unspecified atom stereocenters. The Hall–Kier alpha value is -0.800. The first kappa shape index (κ1) is 6.88. The zero-order valence-electron chi connectivity index (χ0n) is 6.37. The molecule has 1 atom stereocenters. The van der Waals surface area contributed by atoms with Gasteiger partial charge in [0.05, 0.1) is 19.5 Å². The molecule has 1 aromatic rings. The number of rotatable bonds is 3. The van der Waals surface area contributed by atoms with E-state index in [9.17, 15) is 0 Å². The van der Waals surface area contributed by atoms with Crippen molar-refractivity contribution in [2.75, 3.05) is 20.3 Å². The summed E-state index contributed by atoms with van der Waals surface area (Å²) in [5.41, 5.74) is -0.266. The minimum Gasteiger partial charge on any atom is -0.466 e. The van der Waals surface area contributed by atoms with E-state index < -0.39 is 0 Å². The molecule has 3 nitrogen and oxygen atoms in total. The van der Waals surface area contributed by atoms with Gasteiger partial charge in [-0.15, -0.1) is 0 Å². The molecular weight excluding hydrogens is 144 g/mol. The van der Waals surface area contributed by atoms with Crippen molar-refractivity contribution in [3.63, 3.8) is 0 Å². The highest BCUT2D eigenvalue weighted by Gasteiger charge is 2.49. The molecule has 0 saturated carbocycles. The van der Waals surface area contributed by atoms with Crippen molar-refractivity contribution < 1.29 is 13.9 Å². The smallest absolute Gasteiger partial charge is 0.172 e. The van der Waals surface area contributed by atoms with Gasteiger partial charge in [0.25, 0.3) is 0 Å². The number of epoxide rings is 1. The molecule has 1 saturated heterocycles. The summed E-state index contributed by atoms with van der Waals surface area (Å²) < 4.78 is 15.5. The predicted octanol–water partition coefficient (Wildman–Crippen LogP) is 1.15. The summed E-state index contributed by atoms with van der Waals surface area (Å²) in [6.45, 7) is 1.27. The van der Waals surface area contributed by atoms with Crippen LogP contribution < -0.4 is 0 Å². The van der Waals surface area contributed by atoms with Crippen LogP contribution in [0.2, 0.25) is 0 Å². The quantitative estimate of drug-likeness (QED) is 0.612. The van der Waals surface area contributed by atoms with E-state index in [1.54, 1.807) is 13.4 Å². The summed E-state index contributed by atoms with van der Waals surface area (Å²) in [5.74, 6) is 0.861. The first-order chi connectivity index (χ1) is 5.37. The third-order valence-corrected chi connectivity index (χ3v) is 1.84. The van der Waals surface area contributed by atoms with Crippen molar-refractivity contribution in [3.05, 3.63) is 24.2 Å². The van der Waals surface area contributed by atoms with Crippen molar-refractivity contribution in [1.29, 1.82) is 0 Å². The van der Waals surface area contributed by atoms with E-state index in [2.05, 4.69) is 0 Å². The molecular formula is C8H10O3. The van der Waals surface area contributed by atoms with Crippen LogP contribution in [0, 0.1) is 0 Å². The van der Waals surface area contributed by atoms with Gasteiger partial charge in [-0.25, -0.2) is 0 Å². The van der Waals surface area contributed by atoms with Crippen LogP contribution >= 0.6 is 0 Å². The number of hydrogen-bond donors (Lipinski definition) is 0. The fraction of sp³-hybridized carbons (Fsp3) is 0.500. The van der Waals surface area contributed by atoms with Crippen LogP contribution in [0.15, 0.2) is 22.8 Å². The topological polar surface area (TPSA) is 34.9 Å². The summed E-state index contributed by atoms with van der Waals surface area (Å²) in [5, 5.41) is 0. The minimum atomic E-state index is -0.266. The zero-order valence-corrected chi connectivity index (χ0v) is 6.37. The number of methoxy groups -OCH3 is 1. The van der Waals surface area contributed by atoms with E-state index in [4.69, 9.17) is 13.9 Å². The Morgan fingerprint density at radius 1 is 1.73 bits per heavy atom. The van der Waals surface area contributed by atoms with E-state index in [-0.39, 0.29) is 5.60 Å². The zero-order chi connectivity index (χ0) is 7.73. The summed E-state index contributed by atoms with van der Waals surface area (Å²) in [6, 6.07) is 3.76. The van der Waals surface area contributed by atoms with Crippen LogP contribution in [0.25, 0.3) is 0 Å². The lowest BCUT2D eigenvalue weighted by molar-refractivity contribution is 0.107. The highest BCUT2D eigenvalue weighted by atomic mass is 16.6. The van der Waals surface area contributed by atoms with Gasteiger partial charge >= 0.3 is 0 Å². The maximum atomic E-state index is 5.26. The van der Waals surface area contributed by atoms with E-state index >= 15 is 0 Å². The number of ether oxygens (including phenoxy) is 2. The maximum absolute atomic E-state index is 5.26. The van der Waals surface area contributed by atoms with Gasteiger partial charge in [-0.1, -0.05) is 0 Å². The first-order valence-corrected chi connectivity index (χ1v) is 3.54. The molecule has 1 aliphatic rings. The van der Waals surface area contributed by atoms with Crippen LogP contribution in [0.5, 0.6) is 0 Å². The Balaban J connectivity index is 2.15. The van der Waals surface area contributed by atoms with Crippen LogP contribution in [0.4, 0.5) is 0 Å². The van der Waals surface area contributed by atoms with Crippen LogP contribution in [0.3, 0.4) is 0 Å². The second-order valence-corrected chi connectivity index (χ2v) is 2.69. The average Bonchev–Trinajstić information content (AvgIpc) is 2.63.